The monoisotopic (exact) mass is 276 g/mol. The van der Waals surface area contributed by atoms with E-state index in [2.05, 4.69) is 10.6 Å². The second-order valence-electron chi connectivity index (χ2n) is 3.43. The molecule has 0 aliphatic carbocycles. The molecule has 0 aromatic heterocycles. The largest absolute Gasteiger partial charge is 0.416 e. The van der Waals surface area contributed by atoms with E-state index >= 15 is 0 Å². The number of hydrogen-bond donors (Lipinski definition) is 2. The van der Waals surface area contributed by atoms with Crippen molar-refractivity contribution >= 4 is 28.9 Å². The van der Waals surface area contributed by atoms with Crippen LogP contribution < -0.4 is 10.6 Å². The van der Waals surface area contributed by atoms with Gasteiger partial charge in [-0.1, -0.05) is 13.0 Å². The Labute approximate surface area is 107 Å². The van der Waals surface area contributed by atoms with Crippen LogP contribution in [0, 0.1) is 0 Å². The Morgan fingerprint density at radius 1 is 1.39 bits per heavy atom. The lowest BCUT2D eigenvalue weighted by atomic mass is 10.2. The quantitative estimate of drug-likeness (QED) is 0.816. The molecule has 2 N–H and O–H groups in total. The minimum Gasteiger partial charge on any atom is -0.332 e. The van der Waals surface area contributed by atoms with Crippen LogP contribution in [0.2, 0.25) is 0 Å². The minimum atomic E-state index is -4.41. The first kappa shape index (κ1) is 14.4. The second-order valence-corrected chi connectivity index (χ2v) is 3.84. The molecule has 1 amide bonds. The average molecular weight is 276 g/mol. The average Bonchev–Trinajstić information content (AvgIpc) is 2.27. The molecular weight excluding hydrogens is 265 g/mol. The predicted octanol–water partition coefficient (Wildman–Crippen LogP) is 2.93. The molecule has 0 heterocycles. The molecule has 7 heteroatoms. The first-order valence-corrected chi connectivity index (χ1v) is 5.52. The third kappa shape index (κ3) is 4.33. The fraction of sp³-hybridized carbons (Fsp3) is 0.273. The van der Waals surface area contributed by atoms with Gasteiger partial charge in [-0.25, -0.2) is 0 Å². The van der Waals surface area contributed by atoms with Gasteiger partial charge in [-0.15, -0.1) is 0 Å². The summed E-state index contributed by atoms with van der Waals surface area (Å²) < 4.78 is 37.3. The second kappa shape index (κ2) is 5.81. The molecule has 0 saturated carbocycles. The van der Waals surface area contributed by atoms with E-state index in [0.717, 1.165) is 12.1 Å². The van der Waals surface area contributed by atoms with Crippen molar-refractivity contribution in [3.8, 4) is 0 Å². The van der Waals surface area contributed by atoms with Gasteiger partial charge in [-0.3, -0.25) is 4.79 Å². The van der Waals surface area contributed by atoms with Crippen molar-refractivity contribution in [3.63, 3.8) is 0 Å². The fourth-order valence-electron chi connectivity index (χ4n) is 1.15. The van der Waals surface area contributed by atoms with Crippen molar-refractivity contribution < 1.29 is 18.0 Å². The van der Waals surface area contributed by atoms with Crippen molar-refractivity contribution in [1.82, 2.24) is 5.32 Å². The number of halogens is 3. The lowest BCUT2D eigenvalue weighted by Crippen LogP contribution is -2.33. The summed E-state index contributed by atoms with van der Waals surface area (Å²) in [6.07, 6.45) is -4.17. The van der Waals surface area contributed by atoms with Crippen LogP contribution in [0.25, 0.3) is 0 Å². The number of benzene rings is 1. The minimum absolute atomic E-state index is 0.0267. The van der Waals surface area contributed by atoms with Gasteiger partial charge in [-0.05, 0) is 30.4 Å². The molecule has 1 aromatic rings. The molecule has 1 aromatic carbocycles. The van der Waals surface area contributed by atoms with E-state index in [4.69, 9.17) is 12.2 Å². The molecule has 0 bridgehead atoms. The number of amides is 1. The highest BCUT2D eigenvalue weighted by Crippen LogP contribution is 2.30. The Bertz CT molecular complexity index is 460. The maximum absolute atomic E-state index is 12.4. The molecule has 98 valence electrons. The zero-order valence-electron chi connectivity index (χ0n) is 9.47. The molecule has 1 rings (SSSR count). The van der Waals surface area contributed by atoms with Crippen molar-refractivity contribution in [3.05, 3.63) is 29.8 Å². The Morgan fingerprint density at radius 3 is 2.61 bits per heavy atom. The Morgan fingerprint density at radius 2 is 2.06 bits per heavy atom. The van der Waals surface area contributed by atoms with Gasteiger partial charge in [0.15, 0.2) is 5.11 Å². The molecule has 0 atom stereocenters. The van der Waals surface area contributed by atoms with Crippen LogP contribution in [-0.2, 0) is 11.0 Å². The number of nitrogens with one attached hydrogen (secondary N) is 2. The number of carbonyl (C=O) groups excluding carboxylic acids is 1. The van der Waals surface area contributed by atoms with Crippen molar-refractivity contribution in [2.24, 2.45) is 0 Å². The summed E-state index contributed by atoms with van der Waals surface area (Å²) in [6.45, 7) is 1.64. The van der Waals surface area contributed by atoms with Gasteiger partial charge < -0.3 is 10.6 Å². The molecule has 18 heavy (non-hydrogen) atoms. The van der Waals surface area contributed by atoms with Gasteiger partial charge in [0, 0.05) is 12.1 Å². The molecule has 0 unspecified atom stereocenters. The van der Waals surface area contributed by atoms with Crippen LogP contribution in [0.3, 0.4) is 0 Å². The highest BCUT2D eigenvalue weighted by Gasteiger charge is 2.30. The summed E-state index contributed by atoms with van der Waals surface area (Å²) in [5, 5.41) is 4.83. The molecule has 0 saturated heterocycles. The van der Waals surface area contributed by atoms with E-state index in [0.29, 0.717) is 0 Å². The fourth-order valence-corrected chi connectivity index (χ4v) is 1.38. The molecule has 0 radical (unpaired) electrons. The molecule has 0 aliphatic rings. The standard InChI is InChI=1S/C11H11F3N2OS/c1-2-9(17)16-10(18)15-8-5-3-4-7(6-8)11(12,13)14/h3-6H,2H2,1H3,(H2,15,16,17,18). The Hall–Kier alpha value is -1.63. The summed E-state index contributed by atoms with van der Waals surface area (Å²) >= 11 is 4.79. The normalized spacial score (nSPS) is 10.9. The lowest BCUT2D eigenvalue weighted by Gasteiger charge is -2.11. The Kier molecular flexibility index (Phi) is 4.66. The number of thiocarbonyl (C=S) groups is 1. The van der Waals surface area contributed by atoms with Gasteiger partial charge in [0.05, 0.1) is 5.56 Å². The highest BCUT2D eigenvalue weighted by atomic mass is 32.1. The molecule has 0 fully saturated rings. The van der Waals surface area contributed by atoms with Crippen LogP contribution in [0.1, 0.15) is 18.9 Å². The van der Waals surface area contributed by atoms with Gasteiger partial charge in [-0.2, -0.15) is 13.2 Å². The third-order valence-corrected chi connectivity index (χ3v) is 2.23. The third-order valence-electron chi connectivity index (χ3n) is 2.02. The summed E-state index contributed by atoms with van der Waals surface area (Å²) in [5.41, 5.74) is -0.608. The molecule has 0 spiro atoms. The summed E-state index contributed by atoms with van der Waals surface area (Å²) in [5.74, 6) is -0.306. The van der Waals surface area contributed by atoms with Crippen LogP contribution in [0.5, 0.6) is 0 Å². The van der Waals surface area contributed by atoms with Gasteiger partial charge in [0.2, 0.25) is 5.91 Å². The van der Waals surface area contributed by atoms with Crippen molar-refractivity contribution in [1.29, 1.82) is 0 Å². The predicted molar refractivity (Wildman–Crippen MR) is 66.1 cm³/mol. The molecular formula is C11H11F3N2OS. The van der Waals surface area contributed by atoms with E-state index in [1.807, 2.05) is 0 Å². The summed E-state index contributed by atoms with van der Waals surface area (Å²) in [7, 11) is 0. The number of anilines is 1. The number of carbonyl (C=O) groups is 1. The first-order chi connectivity index (χ1) is 8.32. The topological polar surface area (TPSA) is 41.1 Å². The van der Waals surface area contributed by atoms with Gasteiger partial charge >= 0.3 is 6.18 Å². The van der Waals surface area contributed by atoms with E-state index < -0.39 is 11.7 Å². The zero-order chi connectivity index (χ0) is 13.8. The van der Waals surface area contributed by atoms with Crippen molar-refractivity contribution in [2.75, 3.05) is 5.32 Å². The first-order valence-electron chi connectivity index (χ1n) is 5.11. The van der Waals surface area contributed by atoms with Crippen LogP contribution >= 0.6 is 12.2 Å². The maximum Gasteiger partial charge on any atom is 0.416 e. The SMILES string of the molecule is CCC(=O)NC(=S)Nc1cccc(C(F)(F)F)c1. The van der Waals surface area contributed by atoms with E-state index in [1.165, 1.54) is 12.1 Å². The zero-order valence-corrected chi connectivity index (χ0v) is 10.3. The highest BCUT2D eigenvalue weighted by molar-refractivity contribution is 7.80. The van der Waals surface area contributed by atoms with Crippen LogP contribution in [0.15, 0.2) is 24.3 Å². The maximum atomic E-state index is 12.4. The van der Waals surface area contributed by atoms with E-state index in [9.17, 15) is 18.0 Å². The van der Waals surface area contributed by atoms with Crippen LogP contribution in [0.4, 0.5) is 18.9 Å². The van der Waals surface area contributed by atoms with Crippen LogP contribution in [-0.4, -0.2) is 11.0 Å². The van der Waals surface area contributed by atoms with Gasteiger partial charge in [0.25, 0.3) is 0 Å². The smallest absolute Gasteiger partial charge is 0.332 e. The van der Waals surface area contributed by atoms with Crippen molar-refractivity contribution in [2.45, 2.75) is 19.5 Å². The van der Waals surface area contributed by atoms with Gasteiger partial charge in [0.1, 0.15) is 0 Å². The molecule has 3 nitrogen and oxygen atoms in total. The number of rotatable bonds is 2. The van der Waals surface area contributed by atoms with E-state index in [-0.39, 0.29) is 23.1 Å². The Balaban J connectivity index is 2.74. The number of hydrogen-bond acceptors (Lipinski definition) is 2. The summed E-state index contributed by atoms with van der Waals surface area (Å²) in [4.78, 5) is 11.0. The summed E-state index contributed by atoms with van der Waals surface area (Å²) in [6, 6.07) is 4.57. The lowest BCUT2D eigenvalue weighted by molar-refractivity contribution is -0.137. The molecule has 0 aliphatic heterocycles. The number of alkyl halides is 3. The van der Waals surface area contributed by atoms with E-state index in [1.54, 1.807) is 6.92 Å².